The lowest BCUT2D eigenvalue weighted by atomic mass is 10.1. The lowest BCUT2D eigenvalue weighted by Crippen LogP contribution is -2.08. The number of carboxylic acid groups (broad SMARTS) is 1. The van der Waals surface area contributed by atoms with Crippen molar-refractivity contribution in [1.82, 2.24) is 4.98 Å². The van der Waals surface area contributed by atoms with E-state index in [1.807, 2.05) is 12.3 Å². The van der Waals surface area contributed by atoms with Gasteiger partial charge in [0.05, 0.1) is 21.2 Å². The van der Waals surface area contributed by atoms with Gasteiger partial charge in [-0.05, 0) is 19.1 Å². The molecule has 0 saturated heterocycles. The van der Waals surface area contributed by atoms with E-state index in [2.05, 4.69) is 10.3 Å². The first-order chi connectivity index (χ1) is 9.97. The molecule has 0 aliphatic heterocycles. The number of anilines is 1. The highest BCUT2D eigenvalue weighted by Crippen LogP contribution is 2.25. The van der Waals surface area contributed by atoms with Crippen LogP contribution < -0.4 is 5.32 Å². The van der Waals surface area contributed by atoms with E-state index in [9.17, 15) is 14.9 Å². The first-order valence-electron chi connectivity index (χ1n) is 6.14. The number of benzene rings is 1. The zero-order chi connectivity index (χ0) is 15.4. The highest BCUT2D eigenvalue weighted by molar-refractivity contribution is 7.09. The van der Waals surface area contributed by atoms with Crippen LogP contribution in [0.2, 0.25) is 0 Å². The topological polar surface area (TPSA) is 105 Å². The van der Waals surface area contributed by atoms with Gasteiger partial charge in [0.15, 0.2) is 0 Å². The van der Waals surface area contributed by atoms with Gasteiger partial charge in [0.1, 0.15) is 5.69 Å². The third-order valence-electron chi connectivity index (χ3n) is 2.80. The first kappa shape index (κ1) is 14.9. The Balaban J connectivity index is 2.11. The van der Waals surface area contributed by atoms with Crippen LogP contribution in [-0.4, -0.2) is 27.5 Å². The summed E-state index contributed by atoms with van der Waals surface area (Å²) in [5.74, 6) is -1.12. The van der Waals surface area contributed by atoms with Gasteiger partial charge in [0.25, 0.3) is 5.69 Å². The highest BCUT2D eigenvalue weighted by Gasteiger charge is 2.16. The second-order valence-electron chi connectivity index (χ2n) is 4.33. The second kappa shape index (κ2) is 6.31. The Kier molecular flexibility index (Phi) is 4.49. The Morgan fingerprint density at radius 2 is 2.29 bits per heavy atom. The molecule has 0 amide bonds. The lowest BCUT2D eigenvalue weighted by molar-refractivity contribution is -0.384. The fourth-order valence-corrected chi connectivity index (χ4v) is 2.47. The summed E-state index contributed by atoms with van der Waals surface area (Å²) < 4.78 is 0. The molecule has 0 bridgehead atoms. The van der Waals surface area contributed by atoms with Gasteiger partial charge < -0.3 is 10.4 Å². The standard InChI is InChI=1S/C13H13N3O4S/c1-8-15-10(7-21-8)4-5-14-11-6-9(13(17)18)2-3-12(11)16(19)20/h2-3,6-7,14H,4-5H2,1H3,(H,17,18). The molecule has 2 rings (SSSR count). The second-order valence-corrected chi connectivity index (χ2v) is 5.39. The highest BCUT2D eigenvalue weighted by atomic mass is 32.1. The average Bonchev–Trinajstić information content (AvgIpc) is 2.84. The van der Waals surface area contributed by atoms with Gasteiger partial charge in [-0.25, -0.2) is 9.78 Å². The molecule has 1 aromatic carbocycles. The zero-order valence-electron chi connectivity index (χ0n) is 11.2. The quantitative estimate of drug-likeness (QED) is 0.628. The number of hydrogen-bond acceptors (Lipinski definition) is 6. The van der Waals surface area contributed by atoms with Crippen LogP contribution in [-0.2, 0) is 6.42 Å². The minimum absolute atomic E-state index is 0.00704. The Labute approximate surface area is 124 Å². The number of aromatic nitrogens is 1. The summed E-state index contributed by atoms with van der Waals surface area (Å²) in [6.07, 6.45) is 0.610. The smallest absolute Gasteiger partial charge is 0.335 e. The normalized spacial score (nSPS) is 10.3. The summed E-state index contributed by atoms with van der Waals surface area (Å²) in [4.78, 5) is 25.6. The van der Waals surface area contributed by atoms with Crippen LogP contribution in [0.3, 0.4) is 0 Å². The summed E-state index contributed by atoms with van der Waals surface area (Å²) in [6.45, 7) is 2.34. The molecule has 0 saturated carbocycles. The van der Waals surface area contributed by atoms with Crippen molar-refractivity contribution in [2.45, 2.75) is 13.3 Å². The van der Waals surface area contributed by atoms with Gasteiger partial charge >= 0.3 is 5.97 Å². The van der Waals surface area contributed by atoms with Crippen LogP contribution in [0.5, 0.6) is 0 Å². The van der Waals surface area contributed by atoms with Crippen LogP contribution in [0, 0.1) is 17.0 Å². The zero-order valence-corrected chi connectivity index (χ0v) is 12.0. The number of carbonyl (C=O) groups is 1. The number of nitrogens with one attached hydrogen (secondary N) is 1. The predicted octanol–water partition coefficient (Wildman–Crippen LogP) is 2.71. The van der Waals surface area contributed by atoms with Gasteiger partial charge in [-0.2, -0.15) is 0 Å². The molecule has 1 aromatic heterocycles. The number of nitro benzene ring substituents is 1. The molecule has 1 heterocycles. The molecule has 0 spiro atoms. The number of aryl methyl sites for hydroxylation is 1. The van der Waals surface area contributed by atoms with E-state index < -0.39 is 10.9 Å². The SMILES string of the molecule is Cc1nc(CCNc2cc(C(=O)O)ccc2[N+](=O)[O-])cs1. The predicted molar refractivity (Wildman–Crippen MR) is 79.1 cm³/mol. The summed E-state index contributed by atoms with van der Waals surface area (Å²) in [5, 5.41) is 25.7. The molecule has 21 heavy (non-hydrogen) atoms. The minimum atomic E-state index is -1.12. The van der Waals surface area contributed by atoms with Crippen molar-refractivity contribution < 1.29 is 14.8 Å². The maximum atomic E-state index is 10.9. The van der Waals surface area contributed by atoms with Crippen molar-refractivity contribution in [3.63, 3.8) is 0 Å². The molecule has 0 atom stereocenters. The van der Waals surface area contributed by atoms with Gasteiger partial charge in [0.2, 0.25) is 0 Å². The number of thiazole rings is 1. The molecule has 2 N–H and O–H groups in total. The average molecular weight is 307 g/mol. The van der Waals surface area contributed by atoms with Crippen molar-refractivity contribution in [3.05, 3.63) is 50.0 Å². The molecule has 0 aliphatic carbocycles. The molecular weight excluding hydrogens is 294 g/mol. The third kappa shape index (κ3) is 3.76. The van der Waals surface area contributed by atoms with E-state index in [1.165, 1.54) is 18.2 Å². The van der Waals surface area contributed by atoms with Crippen LogP contribution in [0.4, 0.5) is 11.4 Å². The Morgan fingerprint density at radius 1 is 1.52 bits per heavy atom. The number of aromatic carboxylic acids is 1. The molecule has 2 aromatic rings. The maximum absolute atomic E-state index is 10.9. The molecule has 0 radical (unpaired) electrons. The van der Waals surface area contributed by atoms with Crippen molar-refractivity contribution in [2.24, 2.45) is 0 Å². The number of hydrogen-bond donors (Lipinski definition) is 2. The fourth-order valence-electron chi connectivity index (χ4n) is 1.82. The van der Waals surface area contributed by atoms with E-state index in [-0.39, 0.29) is 16.9 Å². The van der Waals surface area contributed by atoms with Crippen molar-refractivity contribution in [3.8, 4) is 0 Å². The monoisotopic (exact) mass is 307 g/mol. The summed E-state index contributed by atoms with van der Waals surface area (Å²) in [5.41, 5.74) is 0.968. The van der Waals surface area contributed by atoms with Gasteiger partial charge in [-0.3, -0.25) is 10.1 Å². The van der Waals surface area contributed by atoms with Crippen molar-refractivity contribution in [1.29, 1.82) is 0 Å². The largest absolute Gasteiger partial charge is 0.478 e. The lowest BCUT2D eigenvalue weighted by Gasteiger charge is -2.07. The summed E-state index contributed by atoms with van der Waals surface area (Å²) in [7, 11) is 0. The van der Waals surface area contributed by atoms with E-state index >= 15 is 0 Å². The Morgan fingerprint density at radius 3 is 2.86 bits per heavy atom. The fraction of sp³-hybridized carbons (Fsp3) is 0.231. The van der Waals surface area contributed by atoms with E-state index in [0.717, 1.165) is 10.7 Å². The molecular formula is C13H13N3O4S. The third-order valence-corrected chi connectivity index (χ3v) is 3.63. The van der Waals surface area contributed by atoms with E-state index in [1.54, 1.807) is 11.3 Å². The number of carboxylic acids is 1. The number of rotatable bonds is 6. The number of nitrogens with zero attached hydrogens (tertiary/aromatic N) is 2. The van der Waals surface area contributed by atoms with E-state index in [0.29, 0.717) is 13.0 Å². The molecule has 0 unspecified atom stereocenters. The molecule has 0 fully saturated rings. The van der Waals surface area contributed by atoms with Crippen LogP contribution in [0.1, 0.15) is 21.1 Å². The van der Waals surface area contributed by atoms with Crippen LogP contribution in [0.25, 0.3) is 0 Å². The van der Waals surface area contributed by atoms with Gasteiger partial charge in [-0.1, -0.05) is 0 Å². The maximum Gasteiger partial charge on any atom is 0.335 e. The molecule has 0 aliphatic rings. The van der Waals surface area contributed by atoms with Crippen molar-refractivity contribution >= 4 is 28.7 Å². The Hall–Kier alpha value is -2.48. The Bertz CT molecular complexity index is 684. The molecule has 7 nitrogen and oxygen atoms in total. The summed E-state index contributed by atoms with van der Waals surface area (Å²) >= 11 is 1.54. The first-order valence-corrected chi connectivity index (χ1v) is 7.02. The summed E-state index contributed by atoms with van der Waals surface area (Å²) in [6, 6.07) is 3.68. The molecule has 110 valence electrons. The van der Waals surface area contributed by atoms with Crippen LogP contribution in [0.15, 0.2) is 23.6 Å². The van der Waals surface area contributed by atoms with Gasteiger partial charge in [0, 0.05) is 24.4 Å². The van der Waals surface area contributed by atoms with Gasteiger partial charge in [-0.15, -0.1) is 11.3 Å². The molecule has 8 heteroatoms. The minimum Gasteiger partial charge on any atom is -0.478 e. The van der Waals surface area contributed by atoms with Crippen LogP contribution >= 0.6 is 11.3 Å². The van der Waals surface area contributed by atoms with E-state index in [4.69, 9.17) is 5.11 Å². The van der Waals surface area contributed by atoms with Crippen molar-refractivity contribution in [2.75, 3.05) is 11.9 Å². The number of nitro groups is 1.